The number of nitrogens with zero attached hydrogens (tertiary/aromatic N) is 1. The summed E-state index contributed by atoms with van der Waals surface area (Å²) in [7, 11) is 0. The van der Waals surface area contributed by atoms with Gasteiger partial charge < -0.3 is 9.73 Å². The summed E-state index contributed by atoms with van der Waals surface area (Å²) in [5, 5.41) is 6.23. The fourth-order valence-electron chi connectivity index (χ4n) is 1.29. The van der Waals surface area contributed by atoms with Crippen LogP contribution in [-0.4, -0.2) is 11.0 Å². The number of hydrogen-bond donors (Lipinski definition) is 1. The van der Waals surface area contributed by atoms with Gasteiger partial charge in [0, 0.05) is 24.0 Å². The monoisotopic (exact) mass is 208 g/mol. The second-order valence-corrected chi connectivity index (χ2v) is 4.06. The molecule has 4 heteroatoms. The summed E-state index contributed by atoms with van der Waals surface area (Å²) in [6.45, 7) is 2.12. The van der Waals surface area contributed by atoms with Gasteiger partial charge in [0.15, 0.2) is 5.13 Å². The van der Waals surface area contributed by atoms with Crippen molar-refractivity contribution in [1.82, 2.24) is 4.98 Å². The molecule has 2 aromatic rings. The number of nitrogens with one attached hydrogen (secondary N) is 1. The molecule has 0 aliphatic carbocycles. The zero-order valence-corrected chi connectivity index (χ0v) is 8.75. The van der Waals surface area contributed by atoms with Crippen LogP contribution in [0, 0.1) is 0 Å². The van der Waals surface area contributed by atoms with Crippen LogP contribution < -0.4 is 5.32 Å². The third-order valence-corrected chi connectivity index (χ3v) is 2.59. The highest BCUT2D eigenvalue weighted by Crippen LogP contribution is 2.13. The molecule has 3 nitrogen and oxygen atoms in total. The van der Waals surface area contributed by atoms with Gasteiger partial charge in [-0.25, -0.2) is 4.98 Å². The molecule has 0 saturated heterocycles. The third kappa shape index (κ3) is 2.35. The summed E-state index contributed by atoms with van der Waals surface area (Å²) in [6.07, 6.45) is 4.38. The molecular weight excluding hydrogens is 196 g/mol. The molecule has 14 heavy (non-hydrogen) atoms. The zero-order chi connectivity index (χ0) is 9.80. The van der Waals surface area contributed by atoms with Crippen molar-refractivity contribution in [3.05, 3.63) is 35.7 Å². The molecule has 1 N–H and O–H groups in total. The standard InChI is InChI=1S/C10H12N2OS/c1-8(7-9-3-2-5-13-9)12-10-11-4-6-14-10/h2-6,8H,7H2,1H3,(H,11,12). The first kappa shape index (κ1) is 9.27. The molecule has 2 aromatic heterocycles. The number of aromatic nitrogens is 1. The van der Waals surface area contributed by atoms with Gasteiger partial charge in [-0.3, -0.25) is 0 Å². The highest BCUT2D eigenvalue weighted by Gasteiger charge is 2.06. The average Bonchev–Trinajstić information content (AvgIpc) is 2.76. The van der Waals surface area contributed by atoms with Crippen LogP contribution in [0.25, 0.3) is 0 Å². The van der Waals surface area contributed by atoms with Gasteiger partial charge in [0.25, 0.3) is 0 Å². The van der Waals surface area contributed by atoms with Gasteiger partial charge in [0.05, 0.1) is 6.26 Å². The number of thiazole rings is 1. The third-order valence-electron chi connectivity index (χ3n) is 1.89. The molecule has 0 aromatic carbocycles. The maximum absolute atomic E-state index is 5.27. The van der Waals surface area contributed by atoms with Crippen molar-refractivity contribution in [2.45, 2.75) is 19.4 Å². The average molecular weight is 208 g/mol. The molecule has 0 fully saturated rings. The van der Waals surface area contributed by atoms with Crippen LogP contribution in [0.2, 0.25) is 0 Å². The van der Waals surface area contributed by atoms with Crippen molar-refractivity contribution < 1.29 is 4.42 Å². The van der Waals surface area contributed by atoms with Gasteiger partial charge in [0.2, 0.25) is 0 Å². The lowest BCUT2D eigenvalue weighted by atomic mass is 10.2. The first-order valence-electron chi connectivity index (χ1n) is 4.53. The van der Waals surface area contributed by atoms with E-state index in [4.69, 9.17) is 4.42 Å². The van der Waals surface area contributed by atoms with Crippen LogP contribution in [0.15, 0.2) is 34.4 Å². The van der Waals surface area contributed by atoms with Crippen molar-refractivity contribution in [3.8, 4) is 0 Å². The Morgan fingerprint density at radius 1 is 1.64 bits per heavy atom. The van der Waals surface area contributed by atoms with Crippen LogP contribution in [0.1, 0.15) is 12.7 Å². The van der Waals surface area contributed by atoms with Gasteiger partial charge in [-0.05, 0) is 19.1 Å². The molecule has 0 radical (unpaired) electrons. The normalized spacial score (nSPS) is 12.6. The summed E-state index contributed by atoms with van der Waals surface area (Å²) in [5.41, 5.74) is 0. The first-order valence-corrected chi connectivity index (χ1v) is 5.41. The first-order chi connectivity index (χ1) is 6.84. The molecule has 0 bridgehead atoms. The van der Waals surface area contributed by atoms with Gasteiger partial charge >= 0.3 is 0 Å². The molecule has 0 saturated carbocycles. The molecule has 0 aliphatic rings. The minimum Gasteiger partial charge on any atom is -0.469 e. The molecule has 1 atom stereocenters. The Morgan fingerprint density at radius 3 is 3.21 bits per heavy atom. The van der Waals surface area contributed by atoms with E-state index in [-0.39, 0.29) is 0 Å². The summed E-state index contributed by atoms with van der Waals surface area (Å²) in [6, 6.07) is 4.23. The molecule has 2 heterocycles. The number of furan rings is 1. The van der Waals surface area contributed by atoms with E-state index < -0.39 is 0 Å². The van der Waals surface area contributed by atoms with Crippen LogP contribution in [0.4, 0.5) is 5.13 Å². The van der Waals surface area contributed by atoms with Crippen molar-refractivity contribution in [1.29, 1.82) is 0 Å². The Balaban J connectivity index is 1.88. The van der Waals surface area contributed by atoms with Crippen molar-refractivity contribution in [2.24, 2.45) is 0 Å². The topological polar surface area (TPSA) is 38.1 Å². The Kier molecular flexibility index (Phi) is 2.84. The largest absolute Gasteiger partial charge is 0.469 e. The maximum atomic E-state index is 5.27. The summed E-state index contributed by atoms with van der Waals surface area (Å²) in [5.74, 6) is 1.00. The van der Waals surface area contributed by atoms with Crippen LogP contribution >= 0.6 is 11.3 Å². The number of anilines is 1. The fourth-order valence-corrected chi connectivity index (χ4v) is 1.93. The lowest BCUT2D eigenvalue weighted by Crippen LogP contribution is -2.17. The van der Waals surface area contributed by atoms with Crippen LogP contribution in [0.3, 0.4) is 0 Å². The van der Waals surface area contributed by atoms with E-state index >= 15 is 0 Å². The molecular formula is C10H12N2OS. The molecule has 0 amide bonds. The van der Waals surface area contributed by atoms with E-state index in [0.717, 1.165) is 17.3 Å². The Hall–Kier alpha value is -1.29. The van der Waals surface area contributed by atoms with E-state index in [1.54, 1.807) is 23.8 Å². The lowest BCUT2D eigenvalue weighted by molar-refractivity contribution is 0.498. The number of hydrogen-bond acceptors (Lipinski definition) is 4. The summed E-state index contributed by atoms with van der Waals surface area (Å²) >= 11 is 1.61. The Morgan fingerprint density at radius 2 is 2.57 bits per heavy atom. The maximum Gasteiger partial charge on any atom is 0.182 e. The van der Waals surface area contributed by atoms with E-state index in [0.29, 0.717) is 6.04 Å². The van der Waals surface area contributed by atoms with E-state index in [1.807, 2.05) is 17.5 Å². The lowest BCUT2D eigenvalue weighted by Gasteiger charge is -2.10. The molecule has 2 rings (SSSR count). The molecule has 1 unspecified atom stereocenters. The summed E-state index contributed by atoms with van der Waals surface area (Å²) < 4.78 is 5.27. The highest BCUT2D eigenvalue weighted by molar-refractivity contribution is 7.13. The van der Waals surface area contributed by atoms with Gasteiger partial charge in [-0.15, -0.1) is 11.3 Å². The van der Waals surface area contributed by atoms with Crippen LogP contribution in [0.5, 0.6) is 0 Å². The summed E-state index contributed by atoms with van der Waals surface area (Å²) in [4.78, 5) is 4.16. The zero-order valence-electron chi connectivity index (χ0n) is 7.93. The van der Waals surface area contributed by atoms with Crippen molar-refractivity contribution in [2.75, 3.05) is 5.32 Å². The molecule has 0 spiro atoms. The quantitative estimate of drug-likeness (QED) is 0.839. The molecule has 74 valence electrons. The van der Waals surface area contributed by atoms with Gasteiger partial charge in [0.1, 0.15) is 5.76 Å². The van der Waals surface area contributed by atoms with Crippen LogP contribution in [-0.2, 0) is 6.42 Å². The Bertz CT molecular complexity index is 319. The van der Waals surface area contributed by atoms with Gasteiger partial charge in [-0.1, -0.05) is 0 Å². The van der Waals surface area contributed by atoms with Crippen molar-refractivity contribution >= 4 is 16.5 Å². The predicted molar refractivity (Wildman–Crippen MR) is 57.6 cm³/mol. The second-order valence-electron chi connectivity index (χ2n) is 3.17. The Labute approximate surface area is 86.8 Å². The predicted octanol–water partition coefficient (Wildman–Crippen LogP) is 2.78. The smallest absolute Gasteiger partial charge is 0.182 e. The van der Waals surface area contributed by atoms with E-state index in [9.17, 15) is 0 Å². The highest BCUT2D eigenvalue weighted by atomic mass is 32.1. The van der Waals surface area contributed by atoms with E-state index in [2.05, 4.69) is 17.2 Å². The fraction of sp³-hybridized carbons (Fsp3) is 0.300. The number of rotatable bonds is 4. The van der Waals surface area contributed by atoms with E-state index in [1.165, 1.54) is 0 Å². The molecule has 0 aliphatic heterocycles. The second kappa shape index (κ2) is 4.28. The van der Waals surface area contributed by atoms with Gasteiger partial charge in [-0.2, -0.15) is 0 Å². The minimum atomic E-state index is 0.340. The SMILES string of the molecule is CC(Cc1ccco1)Nc1nccs1. The minimum absolute atomic E-state index is 0.340. The van der Waals surface area contributed by atoms with Crippen molar-refractivity contribution in [3.63, 3.8) is 0 Å².